The van der Waals surface area contributed by atoms with E-state index < -0.39 is 0 Å². The van der Waals surface area contributed by atoms with Crippen LogP contribution in [-0.4, -0.2) is 30.6 Å². The molecule has 2 heteroatoms. The first-order valence-corrected chi connectivity index (χ1v) is 5.70. The minimum atomic E-state index is 0.582. The average molecular weight is 198 g/mol. The van der Waals surface area contributed by atoms with Crippen LogP contribution in [0.2, 0.25) is 0 Å². The van der Waals surface area contributed by atoms with Crippen molar-refractivity contribution in [2.24, 2.45) is 11.7 Å². The molecule has 2 nitrogen and oxygen atoms in total. The minimum Gasteiger partial charge on any atom is -0.330 e. The molecule has 0 rings (SSSR count). The van der Waals surface area contributed by atoms with Crippen molar-refractivity contribution >= 4 is 0 Å². The van der Waals surface area contributed by atoms with Gasteiger partial charge in [0, 0.05) is 19.1 Å². The highest BCUT2D eigenvalue weighted by Gasteiger charge is 2.13. The first kappa shape index (κ1) is 13.7. The zero-order chi connectivity index (χ0) is 11.0. The van der Waals surface area contributed by atoms with E-state index in [1.165, 1.54) is 12.8 Å². The third-order valence-electron chi connectivity index (χ3n) is 2.62. The predicted octanol–water partition coefficient (Wildman–Crippen LogP) is 2.26. The molecule has 1 atom stereocenters. The summed E-state index contributed by atoms with van der Waals surface area (Å²) < 4.78 is 0. The van der Waals surface area contributed by atoms with Crippen LogP contribution in [0.4, 0.5) is 0 Å². The third-order valence-corrected chi connectivity index (χ3v) is 2.62. The molecular formula is C12H26N2. The molecule has 0 bridgehead atoms. The molecule has 2 N–H and O–H groups in total. The molecule has 0 saturated heterocycles. The summed E-state index contributed by atoms with van der Waals surface area (Å²) in [6.45, 7) is 13.3. The number of hydrogen-bond acceptors (Lipinski definition) is 2. The molecular weight excluding hydrogens is 172 g/mol. The summed E-state index contributed by atoms with van der Waals surface area (Å²) in [7, 11) is 0. The number of nitrogens with zero attached hydrogens (tertiary/aromatic N) is 1. The minimum absolute atomic E-state index is 0.582. The molecule has 0 aromatic rings. The molecule has 0 amide bonds. The Bertz CT molecular complexity index is 143. The molecule has 0 aliphatic carbocycles. The molecule has 84 valence electrons. The summed E-state index contributed by atoms with van der Waals surface area (Å²) in [5.41, 5.74) is 5.75. The summed E-state index contributed by atoms with van der Waals surface area (Å²) in [6.07, 6.45) is 4.43. The van der Waals surface area contributed by atoms with Crippen LogP contribution in [-0.2, 0) is 0 Å². The van der Waals surface area contributed by atoms with Crippen molar-refractivity contribution in [1.29, 1.82) is 0 Å². The van der Waals surface area contributed by atoms with Gasteiger partial charge < -0.3 is 5.73 Å². The van der Waals surface area contributed by atoms with Crippen LogP contribution in [0.1, 0.15) is 33.6 Å². The molecule has 0 radical (unpaired) electrons. The first-order valence-electron chi connectivity index (χ1n) is 5.70. The molecule has 0 aromatic carbocycles. The van der Waals surface area contributed by atoms with E-state index in [0.29, 0.717) is 12.0 Å². The van der Waals surface area contributed by atoms with Crippen LogP contribution >= 0.6 is 0 Å². The summed E-state index contributed by atoms with van der Waals surface area (Å²) in [5, 5.41) is 0. The Morgan fingerprint density at radius 2 is 2.07 bits per heavy atom. The topological polar surface area (TPSA) is 29.3 Å². The molecule has 0 aliphatic rings. The lowest BCUT2D eigenvalue weighted by Crippen LogP contribution is -2.37. The second-order valence-corrected chi connectivity index (χ2v) is 4.23. The van der Waals surface area contributed by atoms with Gasteiger partial charge in [0.15, 0.2) is 0 Å². The van der Waals surface area contributed by atoms with E-state index in [-0.39, 0.29) is 0 Å². The van der Waals surface area contributed by atoms with E-state index in [0.717, 1.165) is 19.6 Å². The smallest absolute Gasteiger partial charge is 0.0163 e. The number of hydrogen-bond donors (Lipinski definition) is 1. The lowest BCUT2D eigenvalue weighted by Gasteiger charge is -2.29. The van der Waals surface area contributed by atoms with E-state index in [9.17, 15) is 0 Å². The Balaban J connectivity index is 4.03. The molecule has 0 fully saturated rings. The fourth-order valence-electron chi connectivity index (χ4n) is 1.69. The van der Waals surface area contributed by atoms with Crippen molar-refractivity contribution < 1.29 is 0 Å². The monoisotopic (exact) mass is 198 g/mol. The molecule has 0 saturated carbocycles. The summed E-state index contributed by atoms with van der Waals surface area (Å²) in [4.78, 5) is 2.43. The Kier molecular flexibility index (Phi) is 7.81. The highest BCUT2D eigenvalue weighted by atomic mass is 15.1. The number of nitrogens with two attached hydrogens (primary N) is 1. The van der Waals surface area contributed by atoms with Crippen LogP contribution in [0.5, 0.6) is 0 Å². The Labute approximate surface area is 89.2 Å². The zero-order valence-corrected chi connectivity index (χ0v) is 10.00. The molecule has 1 unspecified atom stereocenters. The van der Waals surface area contributed by atoms with Crippen molar-refractivity contribution in [3.05, 3.63) is 12.7 Å². The Morgan fingerprint density at radius 1 is 1.43 bits per heavy atom. The van der Waals surface area contributed by atoms with E-state index in [2.05, 4.69) is 32.3 Å². The predicted molar refractivity (Wildman–Crippen MR) is 64.4 cm³/mol. The van der Waals surface area contributed by atoms with Gasteiger partial charge in [-0.25, -0.2) is 0 Å². The van der Waals surface area contributed by atoms with Crippen molar-refractivity contribution in [3.63, 3.8) is 0 Å². The largest absolute Gasteiger partial charge is 0.330 e. The SMILES string of the molecule is C=CCN(CC(CN)CCC)C(C)C. The lowest BCUT2D eigenvalue weighted by molar-refractivity contribution is 0.203. The van der Waals surface area contributed by atoms with Gasteiger partial charge >= 0.3 is 0 Å². The highest BCUT2D eigenvalue weighted by Crippen LogP contribution is 2.09. The Morgan fingerprint density at radius 3 is 2.43 bits per heavy atom. The second-order valence-electron chi connectivity index (χ2n) is 4.23. The summed E-state index contributed by atoms with van der Waals surface area (Å²) in [5.74, 6) is 0.641. The second kappa shape index (κ2) is 8.01. The van der Waals surface area contributed by atoms with Crippen molar-refractivity contribution in [2.45, 2.75) is 39.7 Å². The van der Waals surface area contributed by atoms with Crippen LogP contribution in [0.3, 0.4) is 0 Å². The maximum absolute atomic E-state index is 5.75. The van der Waals surface area contributed by atoms with Gasteiger partial charge in [-0.1, -0.05) is 19.4 Å². The average Bonchev–Trinajstić information content (AvgIpc) is 2.15. The van der Waals surface area contributed by atoms with Crippen molar-refractivity contribution in [1.82, 2.24) is 4.90 Å². The third kappa shape index (κ3) is 5.40. The normalized spacial score (nSPS) is 13.6. The van der Waals surface area contributed by atoms with Gasteiger partial charge in [-0.2, -0.15) is 0 Å². The fraction of sp³-hybridized carbons (Fsp3) is 0.833. The molecule has 0 heterocycles. The van der Waals surface area contributed by atoms with E-state index >= 15 is 0 Å². The maximum atomic E-state index is 5.75. The van der Waals surface area contributed by atoms with E-state index in [1.54, 1.807) is 0 Å². The van der Waals surface area contributed by atoms with Gasteiger partial charge in [-0.05, 0) is 32.7 Å². The quantitative estimate of drug-likeness (QED) is 0.606. The van der Waals surface area contributed by atoms with Gasteiger partial charge in [-0.15, -0.1) is 6.58 Å². The molecule has 0 spiro atoms. The summed E-state index contributed by atoms with van der Waals surface area (Å²) >= 11 is 0. The summed E-state index contributed by atoms with van der Waals surface area (Å²) in [6, 6.07) is 0.582. The fourth-order valence-corrected chi connectivity index (χ4v) is 1.69. The van der Waals surface area contributed by atoms with Gasteiger partial charge in [0.2, 0.25) is 0 Å². The van der Waals surface area contributed by atoms with E-state index in [1.807, 2.05) is 6.08 Å². The standard InChI is InChI=1S/C12H26N2/c1-5-7-12(9-13)10-14(8-6-2)11(3)4/h6,11-12H,2,5,7-10,13H2,1,3-4H3. The molecule has 14 heavy (non-hydrogen) atoms. The highest BCUT2D eigenvalue weighted by molar-refractivity contribution is 4.78. The molecule has 0 aromatic heterocycles. The van der Waals surface area contributed by atoms with Crippen LogP contribution in [0.25, 0.3) is 0 Å². The van der Waals surface area contributed by atoms with Crippen LogP contribution in [0, 0.1) is 5.92 Å². The molecule has 0 aliphatic heterocycles. The van der Waals surface area contributed by atoms with Crippen molar-refractivity contribution in [3.8, 4) is 0 Å². The number of rotatable bonds is 8. The maximum Gasteiger partial charge on any atom is 0.0163 e. The van der Waals surface area contributed by atoms with Gasteiger partial charge in [0.25, 0.3) is 0 Å². The lowest BCUT2D eigenvalue weighted by atomic mass is 10.0. The van der Waals surface area contributed by atoms with Gasteiger partial charge in [0.1, 0.15) is 0 Å². The van der Waals surface area contributed by atoms with E-state index in [4.69, 9.17) is 5.73 Å². The van der Waals surface area contributed by atoms with Crippen LogP contribution < -0.4 is 5.73 Å². The zero-order valence-electron chi connectivity index (χ0n) is 10.00. The first-order chi connectivity index (χ1) is 6.65. The van der Waals surface area contributed by atoms with Crippen LogP contribution in [0.15, 0.2) is 12.7 Å². The van der Waals surface area contributed by atoms with Gasteiger partial charge in [-0.3, -0.25) is 4.90 Å². The Hall–Kier alpha value is -0.340. The van der Waals surface area contributed by atoms with Crippen molar-refractivity contribution in [2.75, 3.05) is 19.6 Å². The van der Waals surface area contributed by atoms with Gasteiger partial charge in [0.05, 0.1) is 0 Å².